The van der Waals surface area contributed by atoms with Crippen LogP contribution in [-0.4, -0.2) is 47.4 Å². The number of carbonyl (C=O) groups is 2. The normalized spacial score (nSPS) is 22.9. The monoisotopic (exact) mass is 414 g/mol. The van der Waals surface area contributed by atoms with Crippen molar-refractivity contribution >= 4 is 22.7 Å². The number of hydrogen-bond donors (Lipinski definition) is 3. The van der Waals surface area contributed by atoms with E-state index in [1.807, 2.05) is 36.9 Å². The van der Waals surface area contributed by atoms with Crippen LogP contribution in [0.15, 0.2) is 18.2 Å². The number of piperazine rings is 1. The molecule has 2 aliphatic heterocycles. The van der Waals surface area contributed by atoms with E-state index in [0.29, 0.717) is 25.3 Å². The Hall–Kier alpha value is -2.54. The summed E-state index contributed by atoms with van der Waals surface area (Å²) in [5.74, 6) is 1.05. The topological polar surface area (TPSA) is 100 Å². The highest BCUT2D eigenvalue weighted by atomic mass is 16.5. The number of rotatable bonds is 5. The van der Waals surface area contributed by atoms with Crippen LogP contribution in [0.2, 0.25) is 0 Å². The summed E-state index contributed by atoms with van der Waals surface area (Å²) in [6.07, 6.45) is 1.77. The molecule has 7 nitrogen and oxygen atoms in total. The van der Waals surface area contributed by atoms with Gasteiger partial charge < -0.3 is 25.7 Å². The molecule has 2 aromatic rings. The number of nitrogens with one attached hydrogen (secondary N) is 2. The number of nitrogens with zero attached hydrogens (tertiary/aromatic N) is 1. The summed E-state index contributed by atoms with van der Waals surface area (Å²) in [5, 5.41) is 3.98. The van der Waals surface area contributed by atoms with Gasteiger partial charge in [-0.2, -0.15) is 0 Å². The maximum Gasteiger partial charge on any atom is 0.246 e. The average Bonchev–Trinajstić information content (AvgIpc) is 3.10. The number of nitrogens with two attached hydrogens (primary N) is 1. The first-order chi connectivity index (χ1) is 14.4. The zero-order valence-electron chi connectivity index (χ0n) is 18.6. The van der Waals surface area contributed by atoms with Gasteiger partial charge in [0.2, 0.25) is 11.8 Å². The smallest absolute Gasteiger partial charge is 0.246 e. The van der Waals surface area contributed by atoms with Crippen molar-refractivity contribution in [3.8, 4) is 5.75 Å². The first-order valence-corrected chi connectivity index (χ1v) is 11.0. The zero-order valence-corrected chi connectivity index (χ0v) is 18.6. The second-order valence-electron chi connectivity index (χ2n) is 8.18. The first-order valence-electron chi connectivity index (χ1n) is 11.0. The minimum Gasteiger partial charge on any atom is -0.497 e. The van der Waals surface area contributed by atoms with Gasteiger partial charge in [0.25, 0.3) is 0 Å². The van der Waals surface area contributed by atoms with Crippen LogP contribution in [0.5, 0.6) is 5.75 Å². The highest BCUT2D eigenvalue weighted by Crippen LogP contribution is 2.42. The van der Waals surface area contributed by atoms with E-state index < -0.39 is 12.1 Å². The van der Waals surface area contributed by atoms with E-state index in [2.05, 4.69) is 24.1 Å². The molecule has 3 heterocycles. The highest BCUT2D eigenvalue weighted by Gasteiger charge is 2.48. The van der Waals surface area contributed by atoms with Crippen LogP contribution in [0.25, 0.3) is 10.9 Å². The largest absolute Gasteiger partial charge is 0.497 e. The van der Waals surface area contributed by atoms with Gasteiger partial charge in [-0.25, -0.2) is 0 Å². The molecular formula is C23H34N4O3. The Kier molecular flexibility index (Phi) is 6.71. The van der Waals surface area contributed by atoms with Crippen LogP contribution in [0.4, 0.5) is 0 Å². The third kappa shape index (κ3) is 3.78. The number of carbonyl (C=O) groups excluding carboxylic acids is 2. The summed E-state index contributed by atoms with van der Waals surface area (Å²) < 4.78 is 5.35. The van der Waals surface area contributed by atoms with Crippen molar-refractivity contribution < 1.29 is 14.3 Å². The lowest BCUT2D eigenvalue weighted by atomic mass is 9.85. The number of methoxy groups -OCH3 is 1. The molecule has 4 N–H and O–H groups in total. The van der Waals surface area contributed by atoms with Gasteiger partial charge >= 0.3 is 0 Å². The summed E-state index contributed by atoms with van der Waals surface area (Å²) >= 11 is 0. The first kappa shape index (κ1) is 22.2. The number of H-pyrrole nitrogens is 1. The van der Waals surface area contributed by atoms with Gasteiger partial charge in [0, 0.05) is 29.1 Å². The van der Waals surface area contributed by atoms with Crippen LogP contribution in [0.3, 0.4) is 0 Å². The van der Waals surface area contributed by atoms with Crippen molar-refractivity contribution in [3.05, 3.63) is 29.5 Å². The van der Waals surface area contributed by atoms with Crippen molar-refractivity contribution in [2.75, 3.05) is 13.7 Å². The van der Waals surface area contributed by atoms with Crippen LogP contribution in [0, 0.1) is 5.92 Å². The van der Waals surface area contributed by atoms with Crippen molar-refractivity contribution in [1.29, 1.82) is 0 Å². The molecule has 164 valence electrons. The third-order valence-corrected chi connectivity index (χ3v) is 5.87. The maximum atomic E-state index is 13.2. The van der Waals surface area contributed by atoms with Gasteiger partial charge in [0.15, 0.2) is 0 Å². The van der Waals surface area contributed by atoms with Gasteiger partial charge in [-0.1, -0.05) is 27.7 Å². The molecule has 1 saturated heterocycles. The Bertz CT molecular complexity index is 921. The van der Waals surface area contributed by atoms with Crippen molar-refractivity contribution in [2.24, 2.45) is 11.7 Å². The van der Waals surface area contributed by atoms with Gasteiger partial charge in [0.1, 0.15) is 17.8 Å². The molecule has 3 unspecified atom stereocenters. The number of amides is 2. The molecule has 3 atom stereocenters. The third-order valence-electron chi connectivity index (χ3n) is 5.87. The van der Waals surface area contributed by atoms with Crippen molar-refractivity contribution in [3.63, 3.8) is 0 Å². The van der Waals surface area contributed by atoms with Gasteiger partial charge in [-0.15, -0.1) is 0 Å². The molecule has 1 fully saturated rings. The van der Waals surface area contributed by atoms with E-state index in [0.717, 1.165) is 34.3 Å². The lowest BCUT2D eigenvalue weighted by molar-refractivity contribution is -0.153. The second kappa shape index (κ2) is 9.08. The SMILES string of the molecule is CC.COc1ccc2c3c([nH]c2c1)C(CC(C)C)N1C(=O)C(CCN)NC(=O)C1C3. The Morgan fingerprint density at radius 2 is 2.00 bits per heavy atom. The predicted molar refractivity (Wildman–Crippen MR) is 118 cm³/mol. The van der Waals surface area contributed by atoms with E-state index in [1.165, 1.54) is 0 Å². The van der Waals surface area contributed by atoms with E-state index in [4.69, 9.17) is 10.5 Å². The van der Waals surface area contributed by atoms with Crippen LogP contribution in [-0.2, 0) is 16.0 Å². The fourth-order valence-corrected chi connectivity index (χ4v) is 4.61. The number of fused-ring (bicyclic) bond motifs is 4. The molecule has 0 aliphatic carbocycles. The Balaban J connectivity index is 0.00000124. The van der Waals surface area contributed by atoms with Crippen LogP contribution in [0.1, 0.15) is 57.8 Å². The minimum absolute atomic E-state index is 0.0254. The van der Waals surface area contributed by atoms with Crippen molar-refractivity contribution in [1.82, 2.24) is 15.2 Å². The molecule has 2 amide bonds. The molecular weight excluding hydrogens is 380 g/mol. The summed E-state index contributed by atoms with van der Waals surface area (Å²) in [6, 6.07) is 4.78. The fraction of sp³-hybridized carbons (Fsp3) is 0.565. The Morgan fingerprint density at radius 3 is 2.63 bits per heavy atom. The lowest BCUT2D eigenvalue weighted by Crippen LogP contribution is -2.66. The molecule has 1 aromatic carbocycles. The Labute approximate surface area is 178 Å². The number of aromatic amines is 1. The lowest BCUT2D eigenvalue weighted by Gasteiger charge is -2.46. The second-order valence-corrected chi connectivity index (χ2v) is 8.18. The number of aromatic nitrogens is 1. The fourth-order valence-electron chi connectivity index (χ4n) is 4.61. The summed E-state index contributed by atoms with van der Waals surface area (Å²) in [5.41, 5.74) is 8.82. The number of benzene rings is 1. The molecule has 0 saturated carbocycles. The molecule has 0 radical (unpaired) electrons. The summed E-state index contributed by atoms with van der Waals surface area (Å²) in [6.45, 7) is 8.64. The van der Waals surface area contributed by atoms with E-state index in [1.54, 1.807) is 7.11 Å². The van der Waals surface area contributed by atoms with Gasteiger partial charge in [-0.05, 0) is 43.0 Å². The molecule has 0 bridgehead atoms. The molecule has 1 aromatic heterocycles. The molecule has 4 rings (SSSR count). The minimum atomic E-state index is -0.533. The van der Waals surface area contributed by atoms with Gasteiger partial charge in [-0.3, -0.25) is 9.59 Å². The highest BCUT2D eigenvalue weighted by molar-refractivity contribution is 5.99. The van der Waals surface area contributed by atoms with Crippen molar-refractivity contribution in [2.45, 2.75) is 65.1 Å². The number of hydrogen-bond acceptors (Lipinski definition) is 4. The molecule has 7 heteroatoms. The predicted octanol–water partition coefficient (Wildman–Crippen LogP) is 2.89. The van der Waals surface area contributed by atoms with E-state index in [9.17, 15) is 9.59 Å². The summed E-state index contributed by atoms with van der Waals surface area (Å²) in [4.78, 5) is 31.5. The van der Waals surface area contributed by atoms with E-state index >= 15 is 0 Å². The van der Waals surface area contributed by atoms with Crippen LogP contribution < -0.4 is 15.8 Å². The molecule has 30 heavy (non-hydrogen) atoms. The van der Waals surface area contributed by atoms with Gasteiger partial charge in [0.05, 0.1) is 13.2 Å². The molecule has 2 aliphatic rings. The maximum absolute atomic E-state index is 13.2. The zero-order chi connectivity index (χ0) is 22.0. The van der Waals surface area contributed by atoms with Crippen LogP contribution >= 0.6 is 0 Å². The van der Waals surface area contributed by atoms with E-state index in [-0.39, 0.29) is 17.9 Å². The number of ether oxygens (including phenoxy) is 1. The average molecular weight is 415 g/mol. The Morgan fingerprint density at radius 1 is 1.27 bits per heavy atom. The summed E-state index contributed by atoms with van der Waals surface area (Å²) in [7, 11) is 1.65. The molecule has 0 spiro atoms. The quantitative estimate of drug-likeness (QED) is 0.700. The standard InChI is InChI=1S/C21H28N4O3.C2H6/c1-11(2)8-17-19-14(13-5-4-12(28-3)9-16(13)23-19)10-18-20(26)24-15(6-7-22)21(27)25(17)18;1-2/h4-5,9,11,15,17-18,23H,6-8,10,22H2,1-3H3,(H,24,26);1-2H3.